The van der Waals surface area contributed by atoms with E-state index in [2.05, 4.69) is 32.5 Å². The number of aryl methyl sites for hydroxylation is 2. The predicted molar refractivity (Wildman–Crippen MR) is 123 cm³/mol. The molecule has 4 rings (SSSR count). The van der Waals surface area contributed by atoms with Gasteiger partial charge in [-0.2, -0.15) is 0 Å². The number of anilines is 1. The number of nitrogens with zero attached hydrogens (tertiary/aromatic N) is 3. The highest BCUT2D eigenvalue weighted by molar-refractivity contribution is 7.98. The molecule has 31 heavy (non-hydrogen) atoms. The maximum atomic E-state index is 14.6. The van der Waals surface area contributed by atoms with Crippen LogP contribution in [0.4, 0.5) is 14.9 Å². The molecule has 1 saturated carbocycles. The smallest absolute Gasteiger partial charge is 0.319 e. The summed E-state index contributed by atoms with van der Waals surface area (Å²) in [5, 5.41) is 6.95. The molecule has 0 unspecified atom stereocenters. The first-order chi connectivity index (χ1) is 14.8. The fourth-order valence-corrected chi connectivity index (χ4v) is 3.91. The fourth-order valence-electron chi connectivity index (χ4n) is 3.57. The Labute approximate surface area is 185 Å². The molecule has 1 fully saturated rings. The summed E-state index contributed by atoms with van der Waals surface area (Å²) in [6.07, 6.45) is 7.01. The van der Waals surface area contributed by atoms with E-state index in [0.717, 1.165) is 34.2 Å². The average Bonchev–Trinajstić information content (AvgIpc) is 3.46. The van der Waals surface area contributed by atoms with Crippen molar-refractivity contribution in [2.45, 2.75) is 45.2 Å². The van der Waals surface area contributed by atoms with E-state index < -0.39 is 11.8 Å². The van der Waals surface area contributed by atoms with Gasteiger partial charge in [0.25, 0.3) is 0 Å². The third kappa shape index (κ3) is 4.79. The first-order valence-corrected chi connectivity index (χ1v) is 11.5. The monoisotopic (exact) mass is 439 g/mol. The van der Waals surface area contributed by atoms with Gasteiger partial charge in [0.2, 0.25) is 0 Å². The zero-order chi connectivity index (χ0) is 22.2. The van der Waals surface area contributed by atoms with Crippen LogP contribution in [-0.2, 0) is 0 Å². The third-order valence-electron chi connectivity index (χ3n) is 5.89. The second-order valence-corrected chi connectivity index (χ2v) is 9.25. The number of amides is 2. The SMILES string of the molecule is CSc1ncc2cc(-c3cc(NC(=O)NCCC4(C)CC4)c(F)cc3C)c(C)nc2n1. The van der Waals surface area contributed by atoms with Crippen molar-refractivity contribution in [2.24, 2.45) is 5.41 Å². The summed E-state index contributed by atoms with van der Waals surface area (Å²) in [6, 6.07) is 4.67. The number of halogens is 1. The summed E-state index contributed by atoms with van der Waals surface area (Å²) in [7, 11) is 0. The van der Waals surface area contributed by atoms with Crippen LogP contribution in [0.15, 0.2) is 29.6 Å². The lowest BCUT2D eigenvalue weighted by atomic mass is 9.97. The van der Waals surface area contributed by atoms with Gasteiger partial charge in [0, 0.05) is 29.4 Å². The largest absolute Gasteiger partial charge is 0.338 e. The van der Waals surface area contributed by atoms with Crippen molar-refractivity contribution in [3.8, 4) is 11.1 Å². The molecule has 2 amide bonds. The van der Waals surface area contributed by atoms with Gasteiger partial charge in [-0.1, -0.05) is 18.7 Å². The van der Waals surface area contributed by atoms with Crippen molar-refractivity contribution in [1.29, 1.82) is 0 Å². The number of hydrogen-bond acceptors (Lipinski definition) is 5. The van der Waals surface area contributed by atoms with E-state index in [1.807, 2.05) is 26.2 Å². The Morgan fingerprint density at radius 2 is 1.97 bits per heavy atom. The molecule has 0 radical (unpaired) electrons. The second-order valence-electron chi connectivity index (χ2n) is 8.48. The predicted octanol–water partition coefficient (Wildman–Crippen LogP) is 5.48. The molecule has 0 saturated heterocycles. The molecule has 1 aromatic carbocycles. The second kappa shape index (κ2) is 8.42. The molecule has 1 aliphatic rings. The van der Waals surface area contributed by atoms with E-state index in [-0.39, 0.29) is 5.69 Å². The number of urea groups is 1. The van der Waals surface area contributed by atoms with Crippen LogP contribution in [0.25, 0.3) is 22.2 Å². The Morgan fingerprint density at radius 1 is 1.19 bits per heavy atom. The lowest BCUT2D eigenvalue weighted by molar-refractivity contribution is 0.251. The maximum Gasteiger partial charge on any atom is 0.319 e. The van der Waals surface area contributed by atoms with Crippen molar-refractivity contribution < 1.29 is 9.18 Å². The lowest BCUT2D eigenvalue weighted by Crippen LogP contribution is -2.30. The van der Waals surface area contributed by atoms with Crippen molar-refractivity contribution in [2.75, 3.05) is 18.1 Å². The third-order valence-corrected chi connectivity index (χ3v) is 6.45. The number of rotatable bonds is 6. The minimum absolute atomic E-state index is 0.143. The fraction of sp³-hybridized carbons (Fsp3) is 0.391. The number of nitrogens with one attached hydrogen (secondary N) is 2. The lowest BCUT2D eigenvalue weighted by Gasteiger charge is -2.15. The number of thioether (sulfide) groups is 1. The molecule has 3 aromatic rings. The number of carbonyl (C=O) groups excluding carboxylic acids is 1. The van der Waals surface area contributed by atoms with E-state index in [4.69, 9.17) is 0 Å². The number of benzene rings is 1. The zero-order valence-corrected chi connectivity index (χ0v) is 19.0. The van der Waals surface area contributed by atoms with E-state index in [0.29, 0.717) is 22.8 Å². The van der Waals surface area contributed by atoms with Gasteiger partial charge in [0.15, 0.2) is 10.8 Å². The summed E-state index contributed by atoms with van der Waals surface area (Å²) in [5.41, 5.74) is 4.33. The van der Waals surface area contributed by atoms with E-state index in [1.54, 1.807) is 12.3 Å². The van der Waals surface area contributed by atoms with Crippen molar-refractivity contribution in [3.05, 3.63) is 41.5 Å². The summed E-state index contributed by atoms with van der Waals surface area (Å²) in [6.45, 7) is 6.53. The highest BCUT2D eigenvalue weighted by Crippen LogP contribution is 2.47. The molecule has 162 valence electrons. The van der Waals surface area contributed by atoms with Crippen molar-refractivity contribution >= 4 is 34.5 Å². The minimum Gasteiger partial charge on any atom is -0.338 e. The highest BCUT2D eigenvalue weighted by atomic mass is 32.2. The Hall–Kier alpha value is -2.74. The average molecular weight is 440 g/mol. The van der Waals surface area contributed by atoms with Gasteiger partial charge in [0.1, 0.15) is 5.82 Å². The number of aromatic nitrogens is 3. The standard InChI is InChI=1S/C23H26FN5OS/c1-13-9-18(24)19(28-21(30)25-8-7-23(3)5-6-23)11-16(13)17-10-15-12-26-22(31-4)29-20(15)27-14(17)2/h9-12H,5-8H2,1-4H3,(H2,25,28,30). The Bertz CT molecular complexity index is 1160. The summed E-state index contributed by atoms with van der Waals surface area (Å²) in [5.74, 6) is -0.468. The molecule has 6 nitrogen and oxygen atoms in total. The molecule has 8 heteroatoms. The first-order valence-electron chi connectivity index (χ1n) is 10.3. The summed E-state index contributed by atoms with van der Waals surface area (Å²) < 4.78 is 14.6. The summed E-state index contributed by atoms with van der Waals surface area (Å²) >= 11 is 1.46. The topological polar surface area (TPSA) is 79.8 Å². The molecule has 2 N–H and O–H groups in total. The van der Waals surface area contributed by atoms with Crippen LogP contribution in [0.2, 0.25) is 0 Å². The maximum absolute atomic E-state index is 14.6. The van der Waals surface area contributed by atoms with Crippen LogP contribution >= 0.6 is 11.8 Å². The number of hydrogen-bond donors (Lipinski definition) is 2. The van der Waals surface area contributed by atoms with Crippen LogP contribution < -0.4 is 10.6 Å². The van der Waals surface area contributed by atoms with Gasteiger partial charge in [-0.3, -0.25) is 0 Å². The van der Waals surface area contributed by atoms with Crippen molar-refractivity contribution in [3.63, 3.8) is 0 Å². The zero-order valence-electron chi connectivity index (χ0n) is 18.2. The number of carbonyl (C=O) groups is 1. The molecule has 0 aliphatic heterocycles. The Kier molecular flexibility index (Phi) is 5.83. The highest BCUT2D eigenvalue weighted by Gasteiger charge is 2.36. The quantitative estimate of drug-likeness (QED) is 0.393. The van der Waals surface area contributed by atoms with Gasteiger partial charge >= 0.3 is 6.03 Å². The molecular weight excluding hydrogens is 413 g/mol. The van der Waals surface area contributed by atoms with Crippen LogP contribution in [0, 0.1) is 25.1 Å². The Morgan fingerprint density at radius 3 is 2.68 bits per heavy atom. The molecular formula is C23H26FN5OS. The van der Waals surface area contributed by atoms with Crippen LogP contribution in [0.1, 0.15) is 37.4 Å². The Balaban J connectivity index is 1.59. The molecule has 2 heterocycles. The van der Waals surface area contributed by atoms with Crippen LogP contribution in [0.5, 0.6) is 0 Å². The van der Waals surface area contributed by atoms with Gasteiger partial charge < -0.3 is 10.6 Å². The van der Waals surface area contributed by atoms with Gasteiger partial charge in [-0.15, -0.1) is 0 Å². The minimum atomic E-state index is -0.468. The molecule has 0 bridgehead atoms. The van der Waals surface area contributed by atoms with Gasteiger partial charge in [-0.25, -0.2) is 24.1 Å². The first kappa shape index (κ1) is 21.5. The molecule has 0 spiro atoms. The van der Waals surface area contributed by atoms with E-state index in [9.17, 15) is 9.18 Å². The molecule has 0 atom stereocenters. The van der Waals surface area contributed by atoms with Gasteiger partial charge in [0.05, 0.1) is 5.69 Å². The van der Waals surface area contributed by atoms with Crippen LogP contribution in [0.3, 0.4) is 0 Å². The molecule has 2 aromatic heterocycles. The normalized spacial score (nSPS) is 14.5. The summed E-state index contributed by atoms with van der Waals surface area (Å²) in [4.78, 5) is 25.7. The molecule has 1 aliphatic carbocycles. The number of pyridine rings is 1. The number of fused-ring (bicyclic) bond motifs is 1. The van der Waals surface area contributed by atoms with Gasteiger partial charge in [-0.05, 0) is 74.1 Å². The van der Waals surface area contributed by atoms with E-state index >= 15 is 0 Å². The van der Waals surface area contributed by atoms with Crippen LogP contribution in [-0.4, -0.2) is 33.8 Å². The van der Waals surface area contributed by atoms with E-state index in [1.165, 1.54) is 30.7 Å². The van der Waals surface area contributed by atoms with Crippen molar-refractivity contribution in [1.82, 2.24) is 20.3 Å².